The van der Waals surface area contributed by atoms with Crippen molar-refractivity contribution >= 4 is 8.56 Å². The molecule has 0 unspecified atom stereocenters. The Morgan fingerprint density at radius 3 is 0.675 bits per heavy atom. The Morgan fingerprint density at radius 2 is 0.475 bits per heavy atom. The molecule has 0 aromatic rings. The van der Waals surface area contributed by atoms with E-state index in [2.05, 4.69) is 27.7 Å². The predicted molar refractivity (Wildman–Crippen MR) is 184 cm³/mol. The zero-order valence-electron chi connectivity index (χ0n) is 28.7. The summed E-state index contributed by atoms with van der Waals surface area (Å²) in [6.45, 7) is 10.6. The highest BCUT2D eigenvalue weighted by Crippen LogP contribution is 2.26. The molecule has 242 valence electrons. The van der Waals surface area contributed by atoms with E-state index in [1.165, 1.54) is 198 Å². The largest absolute Gasteiger partial charge is 0.394 e. The monoisotopic (exact) mass is 583 g/mol. The molecule has 0 N–H and O–H groups in total. The van der Waals surface area contributed by atoms with E-state index < -0.39 is 8.56 Å². The molecule has 0 aromatic carbocycles. The second-order valence-corrected chi connectivity index (χ2v) is 16.2. The topological polar surface area (TPSA) is 18.5 Å². The van der Waals surface area contributed by atoms with Gasteiger partial charge in [-0.3, -0.25) is 0 Å². The summed E-state index contributed by atoms with van der Waals surface area (Å²) >= 11 is 0. The molecule has 0 fully saturated rings. The maximum atomic E-state index is 6.42. The summed E-state index contributed by atoms with van der Waals surface area (Å²) in [5.41, 5.74) is 0. The molecule has 0 aliphatic carbocycles. The van der Waals surface area contributed by atoms with E-state index in [9.17, 15) is 0 Å². The van der Waals surface area contributed by atoms with Crippen LogP contribution < -0.4 is 0 Å². The molecule has 2 nitrogen and oxygen atoms in total. The first kappa shape index (κ1) is 40.1. The van der Waals surface area contributed by atoms with Gasteiger partial charge in [0.1, 0.15) is 0 Å². The molecule has 0 spiro atoms. The summed E-state index contributed by atoms with van der Waals surface area (Å²) in [5.74, 6) is 0. The van der Waals surface area contributed by atoms with Crippen molar-refractivity contribution < 1.29 is 8.85 Å². The molecular weight excluding hydrogens is 504 g/mol. The van der Waals surface area contributed by atoms with Gasteiger partial charge in [-0.1, -0.05) is 200 Å². The third kappa shape index (κ3) is 28.3. The zero-order chi connectivity index (χ0) is 29.2. The van der Waals surface area contributed by atoms with E-state index >= 15 is 0 Å². The van der Waals surface area contributed by atoms with E-state index in [0.717, 1.165) is 13.2 Å². The van der Waals surface area contributed by atoms with Crippen LogP contribution in [0.3, 0.4) is 0 Å². The smallest absolute Gasteiger partial charge is 0.338 e. The fourth-order valence-electron chi connectivity index (χ4n) is 6.34. The molecule has 0 bridgehead atoms. The highest BCUT2D eigenvalue weighted by atomic mass is 28.4. The quantitative estimate of drug-likeness (QED) is 0.0546. The Kier molecular flexibility index (Phi) is 33.8. The zero-order valence-corrected chi connectivity index (χ0v) is 29.7. The van der Waals surface area contributed by atoms with Crippen molar-refractivity contribution in [3.05, 3.63) is 0 Å². The minimum absolute atomic E-state index is 0.823. The standard InChI is InChI=1S/C37H78O2Si/c1-5-9-11-13-15-17-19-21-23-25-27-29-31-33-35-37-40(38-7-3,39-8-4)36-34-32-30-28-26-24-22-20-18-16-14-12-10-6-2/h5-37H2,1-4H3. The lowest BCUT2D eigenvalue weighted by Gasteiger charge is -2.30. The Morgan fingerprint density at radius 1 is 0.275 bits per heavy atom. The van der Waals surface area contributed by atoms with Crippen molar-refractivity contribution in [3.63, 3.8) is 0 Å². The van der Waals surface area contributed by atoms with Crippen molar-refractivity contribution in [2.45, 2.75) is 226 Å². The molecule has 0 amide bonds. The van der Waals surface area contributed by atoms with Crippen LogP contribution in [-0.4, -0.2) is 21.8 Å². The average Bonchev–Trinajstić information content (AvgIpc) is 2.95. The van der Waals surface area contributed by atoms with Crippen molar-refractivity contribution in [2.75, 3.05) is 13.2 Å². The highest BCUT2D eigenvalue weighted by Gasteiger charge is 2.35. The molecule has 0 saturated heterocycles. The molecule has 0 atom stereocenters. The van der Waals surface area contributed by atoms with E-state index in [0.29, 0.717) is 0 Å². The fraction of sp³-hybridized carbons (Fsp3) is 1.00. The number of hydrogen-bond acceptors (Lipinski definition) is 2. The van der Waals surface area contributed by atoms with Gasteiger partial charge >= 0.3 is 8.56 Å². The molecule has 0 aromatic heterocycles. The van der Waals surface area contributed by atoms with Gasteiger partial charge in [-0.25, -0.2) is 0 Å². The highest BCUT2D eigenvalue weighted by molar-refractivity contribution is 6.67. The minimum atomic E-state index is -2.00. The number of rotatable bonds is 35. The molecule has 0 aliphatic rings. The maximum absolute atomic E-state index is 6.42. The first-order chi connectivity index (χ1) is 19.7. The van der Waals surface area contributed by atoms with Gasteiger partial charge in [-0.15, -0.1) is 0 Å². The summed E-state index contributed by atoms with van der Waals surface area (Å²) in [7, 11) is -2.00. The van der Waals surface area contributed by atoms with Gasteiger partial charge in [0, 0.05) is 13.2 Å². The van der Waals surface area contributed by atoms with Crippen LogP contribution in [-0.2, 0) is 8.85 Å². The number of unbranched alkanes of at least 4 members (excludes halogenated alkanes) is 27. The Hall–Kier alpha value is 0.137. The van der Waals surface area contributed by atoms with Crippen molar-refractivity contribution in [1.29, 1.82) is 0 Å². The summed E-state index contributed by atoms with van der Waals surface area (Å²) in [5, 5.41) is 0. The molecule has 0 saturated carbocycles. The molecule has 0 rings (SSSR count). The third-order valence-corrected chi connectivity index (χ3v) is 12.7. The molecule has 0 aliphatic heterocycles. The van der Waals surface area contributed by atoms with Crippen molar-refractivity contribution in [2.24, 2.45) is 0 Å². The predicted octanol–water partition coefficient (Wildman–Crippen LogP) is 13.9. The van der Waals surface area contributed by atoms with Crippen LogP contribution in [0.4, 0.5) is 0 Å². The first-order valence-electron chi connectivity index (χ1n) is 19.0. The average molecular weight is 583 g/mol. The maximum Gasteiger partial charge on any atom is 0.338 e. The van der Waals surface area contributed by atoms with Gasteiger partial charge in [0.15, 0.2) is 0 Å². The van der Waals surface area contributed by atoms with E-state index in [4.69, 9.17) is 8.85 Å². The van der Waals surface area contributed by atoms with Gasteiger partial charge in [-0.05, 0) is 25.9 Å². The summed E-state index contributed by atoms with van der Waals surface area (Å²) in [4.78, 5) is 0. The molecule has 40 heavy (non-hydrogen) atoms. The lowest BCUT2D eigenvalue weighted by Crippen LogP contribution is -2.42. The lowest BCUT2D eigenvalue weighted by molar-refractivity contribution is 0.180. The Labute approximate surface area is 256 Å². The third-order valence-electron chi connectivity index (χ3n) is 8.89. The van der Waals surface area contributed by atoms with Crippen LogP contribution in [0.25, 0.3) is 0 Å². The van der Waals surface area contributed by atoms with Gasteiger partial charge in [0.05, 0.1) is 0 Å². The molecule has 3 heteroatoms. The van der Waals surface area contributed by atoms with Crippen LogP contribution in [0, 0.1) is 0 Å². The van der Waals surface area contributed by atoms with Gasteiger partial charge < -0.3 is 8.85 Å². The van der Waals surface area contributed by atoms with Crippen molar-refractivity contribution in [1.82, 2.24) is 0 Å². The van der Waals surface area contributed by atoms with Crippen LogP contribution >= 0.6 is 0 Å². The lowest BCUT2D eigenvalue weighted by atomic mass is 10.0. The minimum Gasteiger partial charge on any atom is -0.394 e. The van der Waals surface area contributed by atoms with E-state index in [-0.39, 0.29) is 0 Å². The Balaban J connectivity index is 3.76. The number of hydrogen-bond donors (Lipinski definition) is 0. The summed E-state index contributed by atoms with van der Waals surface area (Å²) < 4.78 is 12.8. The Bertz CT molecular complexity index is 449. The first-order valence-corrected chi connectivity index (χ1v) is 21.3. The van der Waals surface area contributed by atoms with E-state index in [1.54, 1.807) is 0 Å². The molecular formula is C37H78O2Si. The fourth-order valence-corrected chi connectivity index (χ4v) is 9.88. The SMILES string of the molecule is CCCCCCCCCCCCCCCCC[Si](CCCCCCCCCCCCCCCC)(OCC)OCC. The van der Waals surface area contributed by atoms with Crippen LogP contribution in [0.5, 0.6) is 0 Å². The molecule has 0 heterocycles. The van der Waals surface area contributed by atoms with Gasteiger partial charge in [0.2, 0.25) is 0 Å². The van der Waals surface area contributed by atoms with Crippen molar-refractivity contribution in [3.8, 4) is 0 Å². The second-order valence-electron chi connectivity index (χ2n) is 12.8. The summed E-state index contributed by atoms with van der Waals surface area (Å²) in [6.07, 6.45) is 41.3. The van der Waals surface area contributed by atoms with Gasteiger partial charge in [-0.2, -0.15) is 0 Å². The van der Waals surface area contributed by atoms with Crippen LogP contribution in [0.1, 0.15) is 214 Å². The molecule has 0 radical (unpaired) electrons. The van der Waals surface area contributed by atoms with Gasteiger partial charge in [0.25, 0.3) is 0 Å². The second kappa shape index (κ2) is 33.6. The normalized spacial score (nSPS) is 12.0. The summed E-state index contributed by atoms with van der Waals surface area (Å²) in [6, 6.07) is 2.43. The van der Waals surface area contributed by atoms with E-state index in [1.807, 2.05) is 0 Å². The van der Waals surface area contributed by atoms with Crippen LogP contribution in [0.2, 0.25) is 12.1 Å². The van der Waals surface area contributed by atoms with Crippen LogP contribution in [0.15, 0.2) is 0 Å².